The van der Waals surface area contributed by atoms with Crippen LogP contribution < -0.4 is 5.32 Å². The number of benzene rings is 2. The van der Waals surface area contributed by atoms with Gasteiger partial charge in [-0.3, -0.25) is 4.79 Å². The summed E-state index contributed by atoms with van der Waals surface area (Å²) >= 11 is 5.99. The van der Waals surface area contributed by atoms with Gasteiger partial charge in [-0.15, -0.1) is 0 Å². The van der Waals surface area contributed by atoms with E-state index in [1.165, 1.54) is 0 Å². The number of hydrogen-bond acceptors (Lipinski definition) is 3. The van der Waals surface area contributed by atoms with Gasteiger partial charge in [0, 0.05) is 10.7 Å². The summed E-state index contributed by atoms with van der Waals surface area (Å²) in [5.41, 5.74) is 2.74. The molecule has 2 aromatic rings. The third-order valence-electron chi connectivity index (χ3n) is 3.15. The molecule has 0 aliphatic carbocycles. The van der Waals surface area contributed by atoms with Gasteiger partial charge in [-0.25, -0.2) is 4.79 Å². The highest BCUT2D eigenvalue weighted by Crippen LogP contribution is 2.19. The maximum atomic E-state index is 11.9. The van der Waals surface area contributed by atoms with Crippen LogP contribution in [0.5, 0.6) is 0 Å². The molecule has 1 amide bonds. The normalized spacial score (nSPS) is 10.1. The number of amides is 1. The molecule has 0 aromatic heterocycles. The first-order chi connectivity index (χ1) is 10.5. The Hall–Kier alpha value is -2.33. The molecule has 0 atom stereocenters. The molecule has 0 saturated carbocycles. The first-order valence-electron chi connectivity index (χ1n) is 6.76. The van der Waals surface area contributed by atoms with E-state index in [0.717, 1.165) is 11.1 Å². The Bertz CT molecular complexity index is 713. The highest BCUT2D eigenvalue weighted by Gasteiger charge is 2.12. The molecular weight excluding hydrogens is 302 g/mol. The summed E-state index contributed by atoms with van der Waals surface area (Å²) in [7, 11) is 0. The van der Waals surface area contributed by atoms with Gasteiger partial charge in [-0.05, 0) is 43.2 Å². The zero-order valence-electron chi connectivity index (χ0n) is 12.4. The van der Waals surface area contributed by atoms with E-state index >= 15 is 0 Å². The Kier molecular flexibility index (Phi) is 5.17. The van der Waals surface area contributed by atoms with Crippen LogP contribution in [0.1, 0.15) is 21.5 Å². The fourth-order valence-corrected chi connectivity index (χ4v) is 2.06. The third kappa shape index (κ3) is 4.09. The topological polar surface area (TPSA) is 55.4 Å². The molecule has 2 rings (SSSR count). The fourth-order valence-electron chi connectivity index (χ4n) is 1.88. The fraction of sp³-hybridized carbons (Fsp3) is 0.176. The molecule has 0 aliphatic rings. The number of hydrogen-bond donors (Lipinski definition) is 1. The van der Waals surface area contributed by atoms with Crippen molar-refractivity contribution in [3.63, 3.8) is 0 Å². The molecule has 0 bridgehead atoms. The van der Waals surface area contributed by atoms with Gasteiger partial charge in [0.25, 0.3) is 5.91 Å². The molecule has 0 saturated heterocycles. The van der Waals surface area contributed by atoms with E-state index in [4.69, 9.17) is 16.3 Å². The summed E-state index contributed by atoms with van der Waals surface area (Å²) in [6.07, 6.45) is 0. The van der Waals surface area contributed by atoms with Crippen LogP contribution in [-0.4, -0.2) is 18.5 Å². The third-order valence-corrected chi connectivity index (χ3v) is 3.56. The zero-order chi connectivity index (χ0) is 16.1. The molecule has 2 aromatic carbocycles. The van der Waals surface area contributed by atoms with Gasteiger partial charge in [0.2, 0.25) is 0 Å². The van der Waals surface area contributed by atoms with Crippen molar-refractivity contribution in [1.29, 1.82) is 0 Å². The summed E-state index contributed by atoms with van der Waals surface area (Å²) in [5.74, 6) is -0.933. The van der Waals surface area contributed by atoms with E-state index in [9.17, 15) is 9.59 Å². The lowest BCUT2D eigenvalue weighted by Gasteiger charge is -2.08. The van der Waals surface area contributed by atoms with Crippen LogP contribution >= 0.6 is 11.6 Å². The number of carbonyl (C=O) groups excluding carboxylic acids is 2. The Labute approximate surface area is 134 Å². The van der Waals surface area contributed by atoms with E-state index in [1.807, 2.05) is 26.0 Å². The minimum atomic E-state index is -0.518. The van der Waals surface area contributed by atoms with E-state index in [0.29, 0.717) is 16.3 Å². The number of rotatable bonds is 4. The van der Waals surface area contributed by atoms with Gasteiger partial charge < -0.3 is 10.1 Å². The average Bonchev–Trinajstić information content (AvgIpc) is 2.49. The molecule has 5 heteroatoms. The van der Waals surface area contributed by atoms with Crippen molar-refractivity contribution in [2.24, 2.45) is 0 Å². The van der Waals surface area contributed by atoms with Crippen molar-refractivity contribution in [2.75, 3.05) is 11.9 Å². The standard InChI is InChI=1S/C17H16ClNO3/c1-11-5-3-4-6-14(11)17(21)22-10-16(20)19-13-8-7-12(2)15(18)9-13/h3-9H,10H2,1-2H3,(H,19,20). The highest BCUT2D eigenvalue weighted by atomic mass is 35.5. The Morgan fingerprint density at radius 2 is 1.82 bits per heavy atom. The predicted octanol–water partition coefficient (Wildman–Crippen LogP) is 3.75. The minimum Gasteiger partial charge on any atom is -0.452 e. The van der Waals surface area contributed by atoms with Crippen molar-refractivity contribution in [3.05, 3.63) is 64.2 Å². The summed E-state index contributed by atoms with van der Waals surface area (Å²) in [6.45, 7) is 3.33. The first-order valence-corrected chi connectivity index (χ1v) is 7.14. The second kappa shape index (κ2) is 7.09. The smallest absolute Gasteiger partial charge is 0.338 e. The largest absolute Gasteiger partial charge is 0.452 e. The lowest BCUT2D eigenvalue weighted by atomic mass is 10.1. The number of nitrogens with one attached hydrogen (secondary N) is 1. The second-order valence-electron chi connectivity index (χ2n) is 4.90. The number of ether oxygens (including phenoxy) is 1. The van der Waals surface area contributed by atoms with Gasteiger partial charge in [-0.1, -0.05) is 35.9 Å². The monoisotopic (exact) mass is 317 g/mol. The average molecular weight is 318 g/mol. The van der Waals surface area contributed by atoms with Gasteiger partial charge in [-0.2, -0.15) is 0 Å². The molecule has 0 aliphatic heterocycles. The maximum Gasteiger partial charge on any atom is 0.338 e. The minimum absolute atomic E-state index is 0.349. The Morgan fingerprint density at radius 1 is 1.09 bits per heavy atom. The van der Waals surface area contributed by atoms with Crippen LogP contribution in [0.2, 0.25) is 5.02 Å². The van der Waals surface area contributed by atoms with Gasteiger partial charge >= 0.3 is 5.97 Å². The van der Waals surface area contributed by atoms with Gasteiger partial charge in [0.05, 0.1) is 5.56 Å². The van der Waals surface area contributed by atoms with E-state index in [1.54, 1.807) is 30.3 Å². The van der Waals surface area contributed by atoms with E-state index < -0.39 is 11.9 Å². The van der Waals surface area contributed by atoms with Crippen LogP contribution in [0.3, 0.4) is 0 Å². The molecule has 0 spiro atoms. The molecule has 0 unspecified atom stereocenters. The van der Waals surface area contributed by atoms with E-state index in [2.05, 4.69) is 5.32 Å². The van der Waals surface area contributed by atoms with Gasteiger partial charge in [0.15, 0.2) is 6.61 Å². The summed E-state index contributed by atoms with van der Waals surface area (Å²) in [4.78, 5) is 23.7. The van der Waals surface area contributed by atoms with Crippen molar-refractivity contribution in [2.45, 2.75) is 13.8 Å². The number of anilines is 1. The van der Waals surface area contributed by atoms with Crippen LogP contribution in [0.4, 0.5) is 5.69 Å². The SMILES string of the molecule is Cc1ccc(NC(=O)COC(=O)c2ccccc2C)cc1Cl. The number of esters is 1. The van der Waals surface area contributed by atoms with E-state index in [-0.39, 0.29) is 6.61 Å². The van der Waals surface area contributed by atoms with Gasteiger partial charge in [0.1, 0.15) is 0 Å². The molecule has 0 radical (unpaired) electrons. The zero-order valence-corrected chi connectivity index (χ0v) is 13.1. The number of carbonyl (C=O) groups is 2. The summed E-state index contributed by atoms with van der Waals surface area (Å²) < 4.78 is 5.01. The Morgan fingerprint density at radius 3 is 2.50 bits per heavy atom. The number of aryl methyl sites for hydroxylation is 2. The number of halogens is 1. The highest BCUT2D eigenvalue weighted by molar-refractivity contribution is 6.31. The van der Waals surface area contributed by atoms with Crippen molar-refractivity contribution < 1.29 is 14.3 Å². The molecule has 22 heavy (non-hydrogen) atoms. The summed E-state index contributed by atoms with van der Waals surface area (Å²) in [6, 6.07) is 12.2. The molecule has 0 fully saturated rings. The lowest BCUT2D eigenvalue weighted by molar-refractivity contribution is -0.119. The first kappa shape index (κ1) is 16.0. The quantitative estimate of drug-likeness (QED) is 0.874. The molecule has 4 nitrogen and oxygen atoms in total. The Balaban J connectivity index is 1.91. The van der Waals surface area contributed by atoms with Crippen LogP contribution in [0, 0.1) is 13.8 Å². The summed E-state index contributed by atoms with van der Waals surface area (Å²) in [5, 5.41) is 3.20. The van der Waals surface area contributed by atoms with Crippen LogP contribution in [-0.2, 0) is 9.53 Å². The second-order valence-corrected chi connectivity index (χ2v) is 5.31. The van der Waals surface area contributed by atoms with Crippen LogP contribution in [0.15, 0.2) is 42.5 Å². The van der Waals surface area contributed by atoms with Crippen LogP contribution in [0.25, 0.3) is 0 Å². The molecule has 0 heterocycles. The molecular formula is C17H16ClNO3. The van der Waals surface area contributed by atoms with Crippen molar-refractivity contribution >= 4 is 29.2 Å². The maximum absolute atomic E-state index is 11.9. The van der Waals surface area contributed by atoms with Crippen molar-refractivity contribution in [1.82, 2.24) is 0 Å². The van der Waals surface area contributed by atoms with Crippen molar-refractivity contribution in [3.8, 4) is 0 Å². The lowest BCUT2D eigenvalue weighted by Crippen LogP contribution is -2.21. The molecule has 114 valence electrons. The molecule has 1 N–H and O–H groups in total. The predicted molar refractivity (Wildman–Crippen MR) is 86.3 cm³/mol.